The quantitative estimate of drug-likeness (QED) is 0.601. The van der Waals surface area contributed by atoms with Crippen molar-refractivity contribution in [3.8, 4) is 0 Å². The number of benzene rings is 1. The Hall–Kier alpha value is -2.39. The summed E-state index contributed by atoms with van der Waals surface area (Å²) in [6.45, 7) is 2.09. The van der Waals surface area contributed by atoms with Crippen LogP contribution >= 0.6 is 23.1 Å². The molecule has 1 aromatic carbocycles. The van der Waals surface area contributed by atoms with E-state index < -0.39 is 0 Å². The molecule has 0 radical (unpaired) electrons. The van der Waals surface area contributed by atoms with Crippen LogP contribution in [0.15, 0.2) is 34.0 Å². The molecule has 1 aromatic heterocycles. The van der Waals surface area contributed by atoms with Crippen molar-refractivity contribution in [1.82, 2.24) is 4.98 Å². The first-order chi connectivity index (χ1) is 12.6. The van der Waals surface area contributed by atoms with Crippen LogP contribution in [-0.2, 0) is 25.5 Å². The number of aromatic nitrogens is 1. The third kappa shape index (κ3) is 4.41. The van der Waals surface area contributed by atoms with Gasteiger partial charge in [0.15, 0.2) is 4.34 Å². The number of carbonyl (C=O) groups is 3. The van der Waals surface area contributed by atoms with E-state index in [0.717, 1.165) is 0 Å². The molecule has 0 atom stereocenters. The molecular weight excluding hydrogens is 374 g/mol. The van der Waals surface area contributed by atoms with E-state index in [-0.39, 0.29) is 36.5 Å². The number of thiazole rings is 1. The van der Waals surface area contributed by atoms with Crippen LogP contribution in [0, 0.1) is 0 Å². The molecule has 2 aromatic rings. The monoisotopic (exact) mass is 391 g/mol. The minimum Gasteiger partial charge on any atom is -0.466 e. The lowest BCUT2D eigenvalue weighted by Crippen LogP contribution is -2.43. The Labute approximate surface area is 158 Å². The number of carbonyl (C=O) groups excluding carboxylic acids is 3. The number of rotatable bonds is 6. The molecule has 7 nitrogen and oxygen atoms in total. The highest BCUT2D eigenvalue weighted by Gasteiger charge is 2.26. The minimum atomic E-state index is -0.318. The standard InChI is InChI=1S/C17H17N3O4S2/c1-2-24-16(23)7-11-9-25-17(18-11)26-10-15(22)20-8-14(21)19-12-5-3-4-6-13(12)20/h3-6,9H,2,7-8,10H2,1H3,(H,19,21). The Morgan fingerprint density at radius 2 is 2.19 bits per heavy atom. The maximum absolute atomic E-state index is 12.6. The Morgan fingerprint density at radius 1 is 1.38 bits per heavy atom. The number of nitrogens with zero attached hydrogens (tertiary/aromatic N) is 2. The fourth-order valence-corrected chi connectivity index (χ4v) is 4.17. The number of anilines is 2. The van der Waals surface area contributed by atoms with E-state index in [1.807, 2.05) is 12.1 Å². The summed E-state index contributed by atoms with van der Waals surface area (Å²) in [4.78, 5) is 41.7. The lowest BCUT2D eigenvalue weighted by atomic mass is 10.2. The molecule has 3 rings (SSSR count). The van der Waals surface area contributed by atoms with Gasteiger partial charge in [0.05, 0.1) is 35.8 Å². The SMILES string of the molecule is CCOC(=O)Cc1csc(SCC(=O)N2CC(=O)Nc3ccccc32)n1. The molecule has 0 saturated heterocycles. The molecule has 0 aliphatic carbocycles. The maximum atomic E-state index is 12.6. The van der Waals surface area contributed by atoms with E-state index in [1.165, 1.54) is 28.0 Å². The van der Waals surface area contributed by atoms with Gasteiger partial charge in [-0.05, 0) is 19.1 Å². The molecule has 1 aliphatic rings. The highest BCUT2D eigenvalue weighted by atomic mass is 32.2. The number of nitrogens with one attached hydrogen (secondary N) is 1. The van der Waals surface area contributed by atoms with Gasteiger partial charge in [-0.25, -0.2) is 4.98 Å². The molecule has 0 bridgehead atoms. The molecule has 136 valence electrons. The number of esters is 1. The Bertz CT molecular complexity index is 837. The van der Waals surface area contributed by atoms with Gasteiger partial charge in [-0.3, -0.25) is 14.4 Å². The molecule has 0 saturated carbocycles. The molecule has 26 heavy (non-hydrogen) atoms. The van der Waals surface area contributed by atoms with Gasteiger partial charge in [0.25, 0.3) is 0 Å². The third-order valence-corrected chi connectivity index (χ3v) is 5.61. The van der Waals surface area contributed by atoms with E-state index in [0.29, 0.717) is 28.0 Å². The first kappa shape index (κ1) is 18.4. The molecule has 0 unspecified atom stereocenters. The van der Waals surface area contributed by atoms with E-state index >= 15 is 0 Å². The van der Waals surface area contributed by atoms with Gasteiger partial charge in [-0.1, -0.05) is 23.9 Å². The predicted octanol–water partition coefficient (Wildman–Crippen LogP) is 2.33. The van der Waals surface area contributed by atoms with Crippen LogP contribution in [0.2, 0.25) is 0 Å². The average Bonchev–Trinajstić information content (AvgIpc) is 3.06. The second kappa shape index (κ2) is 8.33. The van der Waals surface area contributed by atoms with Crippen molar-refractivity contribution in [3.63, 3.8) is 0 Å². The fraction of sp³-hybridized carbons (Fsp3) is 0.294. The van der Waals surface area contributed by atoms with Crippen LogP contribution in [0.1, 0.15) is 12.6 Å². The lowest BCUT2D eigenvalue weighted by molar-refractivity contribution is -0.142. The second-order valence-corrected chi connectivity index (χ2v) is 7.50. The van der Waals surface area contributed by atoms with Crippen molar-refractivity contribution in [3.05, 3.63) is 35.3 Å². The number of ether oxygens (including phenoxy) is 1. The molecule has 2 amide bonds. The van der Waals surface area contributed by atoms with Crippen LogP contribution in [0.4, 0.5) is 11.4 Å². The van der Waals surface area contributed by atoms with E-state index in [1.54, 1.807) is 24.4 Å². The minimum absolute atomic E-state index is 0.00237. The molecule has 0 spiro atoms. The Morgan fingerprint density at radius 3 is 3.00 bits per heavy atom. The Kier molecular flexibility index (Phi) is 5.89. The molecule has 0 fully saturated rings. The summed E-state index contributed by atoms with van der Waals surface area (Å²) in [6.07, 6.45) is 0.124. The summed E-state index contributed by atoms with van der Waals surface area (Å²) in [5, 5.41) is 4.54. The molecule has 1 N–H and O–H groups in total. The van der Waals surface area contributed by atoms with Crippen LogP contribution in [0.3, 0.4) is 0 Å². The van der Waals surface area contributed by atoms with Crippen molar-refractivity contribution in [2.24, 2.45) is 0 Å². The largest absolute Gasteiger partial charge is 0.466 e. The highest BCUT2D eigenvalue weighted by molar-refractivity contribution is 8.01. The van der Waals surface area contributed by atoms with Gasteiger partial charge in [0, 0.05) is 5.38 Å². The summed E-state index contributed by atoms with van der Waals surface area (Å²) in [7, 11) is 0. The number of thioether (sulfide) groups is 1. The van der Waals surface area contributed by atoms with Crippen LogP contribution in [-0.4, -0.2) is 41.7 Å². The van der Waals surface area contributed by atoms with Crippen molar-refractivity contribution < 1.29 is 19.1 Å². The summed E-state index contributed by atoms with van der Waals surface area (Å²) in [6, 6.07) is 7.20. The molecule has 2 heterocycles. The van der Waals surface area contributed by atoms with Gasteiger partial charge >= 0.3 is 5.97 Å². The summed E-state index contributed by atoms with van der Waals surface area (Å²) in [5.41, 5.74) is 1.96. The lowest BCUT2D eigenvalue weighted by Gasteiger charge is -2.28. The van der Waals surface area contributed by atoms with Crippen LogP contribution in [0.5, 0.6) is 0 Å². The summed E-state index contributed by atoms with van der Waals surface area (Å²) >= 11 is 2.67. The van der Waals surface area contributed by atoms with Crippen molar-refractivity contribution in [2.45, 2.75) is 17.7 Å². The van der Waals surface area contributed by atoms with Crippen molar-refractivity contribution >= 4 is 52.3 Å². The highest BCUT2D eigenvalue weighted by Crippen LogP contribution is 2.30. The topological polar surface area (TPSA) is 88.6 Å². The smallest absolute Gasteiger partial charge is 0.311 e. The van der Waals surface area contributed by atoms with Gasteiger partial charge in [0.1, 0.15) is 6.54 Å². The van der Waals surface area contributed by atoms with Crippen LogP contribution in [0.25, 0.3) is 0 Å². The number of fused-ring (bicyclic) bond motifs is 1. The zero-order valence-corrected chi connectivity index (χ0v) is 15.7. The van der Waals surface area contributed by atoms with Gasteiger partial charge in [0.2, 0.25) is 11.8 Å². The first-order valence-electron chi connectivity index (χ1n) is 7.99. The average molecular weight is 391 g/mol. The zero-order valence-electron chi connectivity index (χ0n) is 14.1. The third-order valence-electron chi connectivity index (χ3n) is 3.55. The number of para-hydroxylation sites is 2. The normalized spacial score (nSPS) is 13.1. The van der Waals surface area contributed by atoms with E-state index in [2.05, 4.69) is 10.3 Å². The van der Waals surface area contributed by atoms with E-state index in [9.17, 15) is 14.4 Å². The maximum Gasteiger partial charge on any atom is 0.311 e. The van der Waals surface area contributed by atoms with Gasteiger partial charge < -0.3 is 15.0 Å². The summed E-state index contributed by atoms with van der Waals surface area (Å²) in [5.74, 6) is -0.539. The van der Waals surface area contributed by atoms with Crippen molar-refractivity contribution in [2.75, 3.05) is 29.1 Å². The zero-order chi connectivity index (χ0) is 18.5. The molecule has 1 aliphatic heterocycles. The first-order valence-corrected chi connectivity index (χ1v) is 9.85. The fourth-order valence-electron chi connectivity index (χ4n) is 2.45. The number of hydrogen-bond acceptors (Lipinski definition) is 7. The van der Waals surface area contributed by atoms with Gasteiger partial charge in [-0.15, -0.1) is 11.3 Å². The predicted molar refractivity (Wildman–Crippen MR) is 101 cm³/mol. The number of amides is 2. The van der Waals surface area contributed by atoms with Crippen molar-refractivity contribution in [1.29, 1.82) is 0 Å². The summed E-state index contributed by atoms with van der Waals surface area (Å²) < 4.78 is 5.60. The Balaban J connectivity index is 1.60. The second-order valence-electron chi connectivity index (χ2n) is 5.42. The molecule has 9 heteroatoms. The number of hydrogen-bond donors (Lipinski definition) is 1. The molecular formula is C17H17N3O4S2. The van der Waals surface area contributed by atoms with Gasteiger partial charge in [-0.2, -0.15) is 0 Å². The van der Waals surface area contributed by atoms with Crippen LogP contribution < -0.4 is 10.2 Å². The van der Waals surface area contributed by atoms with E-state index in [4.69, 9.17) is 4.74 Å².